The number of nitrogens with one attached hydrogen (secondary N) is 2. The van der Waals surface area contributed by atoms with Crippen LogP contribution >= 0.6 is 11.3 Å². The van der Waals surface area contributed by atoms with Crippen molar-refractivity contribution in [1.29, 1.82) is 0 Å². The lowest BCUT2D eigenvalue weighted by molar-refractivity contribution is -0.116. The highest BCUT2D eigenvalue weighted by molar-refractivity contribution is 7.15. The molecule has 0 saturated carbocycles. The average Bonchev–Trinajstić information content (AvgIpc) is 2.97. The summed E-state index contributed by atoms with van der Waals surface area (Å²) in [5.74, 6) is 0.568. The minimum atomic E-state index is -0.421. The van der Waals surface area contributed by atoms with E-state index in [2.05, 4.69) is 20.8 Å². The monoisotopic (exact) mass is 320 g/mol. The molecule has 1 amide bonds. The van der Waals surface area contributed by atoms with Gasteiger partial charge in [-0.25, -0.2) is 0 Å². The van der Waals surface area contributed by atoms with Crippen LogP contribution in [0.1, 0.15) is 25.8 Å². The summed E-state index contributed by atoms with van der Waals surface area (Å²) in [5.41, 5.74) is 0.790. The van der Waals surface area contributed by atoms with E-state index in [9.17, 15) is 4.79 Å². The van der Waals surface area contributed by atoms with Crippen LogP contribution in [0.15, 0.2) is 24.3 Å². The summed E-state index contributed by atoms with van der Waals surface area (Å²) in [6, 6.07) is 7.13. The number of ether oxygens (including phenoxy) is 1. The summed E-state index contributed by atoms with van der Waals surface area (Å²) in [7, 11) is 0. The molecule has 0 aliphatic rings. The first-order valence-corrected chi connectivity index (χ1v) is 8.07. The molecule has 2 rings (SSSR count). The molecule has 1 heterocycles. The van der Waals surface area contributed by atoms with E-state index in [1.807, 2.05) is 38.1 Å². The topological polar surface area (TPSA) is 76.1 Å². The summed E-state index contributed by atoms with van der Waals surface area (Å²) < 4.78 is 5.54. The number of carbonyl (C=O) groups is 1. The molecular weight excluding hydrogens is 300 g/mol. The van der Waals surface area contributed by atoms with Crippen LogP contribution in [-0.4, -0.2) is 28.8 Å². The van der Waals surface area contributed by atoms with Crippen molar-refractivity contribution in [3.8, 4) is 5.75 Å². The number of hydrogen-bond donors (Lipinski definition) is 2. The number of aryl methyl sites for hydroxylation is 1. The standard InChI is InChI=1S/C15H20N4O2S/c1-4-13-18-19-15(22-13)17-14(20)10(3)16-11-8-6-7-9-12(11)21-5-2/h6-10,16H,4-5H2,1-3H3,(H,17,19,20)/t10-/m1/s1. The van der Waals surface area contributed by atoms with Gasteiger partial charge in [-0.1, -0.05) is 30.4 Å². The lowest BCUT2D eigenvalue weighted by Gasteiger charge is -2.17. The number of carbonyl (C=O) groups excluding carboxylic acids is 1. The number of rotatable bonds is 7. The smallest absolute Gasteiger partial charge is 0.248 e. The number of aromatic nitrogens is 2. The number of amides is 1. The lowest BCUT2D eigenvalue weighted by atomic mass is 10.2. The molecule has 0 fully saturated rings. The van der Waals surface area contributed by atoms with Crippen molar-refractivity contribution in [1.82, 2.24) is 10.2 Å². The molecule has 0 saturated heterocycles. The highest BCUT2D eigenvalue weighted by Crippen LogP contribution is 2.24. The fourth-order valence-corrected chi connectivity index (χ4v) is 2.51. The van der Waals surface area contributed by atoms with Gasteiger partial charge >= 0.3 is 0 Å². The van der Waals surface area contributed by atoms with E-state index in [0.717, 1.165) is 22.9 Å². The van der Waals surface area contributed by atoms with Gasteiger partial charge < -0.3 is 10.1 Å². The molecule has 7 heteroatoms. The Bertz CT molecular complexity index is 630. The molecule has 1 aromatic heterocycles. The normalized spacial score (nSPS) is 11.8. The van der Waals surface area contributed by atoms with Crippen LogP contribution in [-0.2, 0) is 11.2 Å². The van der Waals surface area contributed by atoms with Crippen molar-refractivity contribution >= 4 is 28.1 Å². The average molecular weight is 320 g/mol. The van der Waals surface area contributed by atoms with Gasteiger partial charge in [0.05, 0.1) is 12.3 Å². The fourth-order valence-electron chi connectivity index (χ4n) is 1.83. The second-order valence-corrected chi connectivity index (χ2v) is 5.70. The lowest BCUT2D eigenvalue weighted by Crippen LogP contribution is -2.32. The maximum atomic E-state index is 12.2. The van der Waals surface area contributed by atoms with Crippen molar-refractivity contribution in [2.45, 2.75) is 33.2 Å². The largest absolute Gasteiger partial charge is 0.492 e. The molecule has 0 radical (unpaired) electrons. The Labute approximate surface area is 133 Å². The van der Waals surface area contributed by atoms with Gasteiger partial charge in [-0.05, 0) is 32.4 Å². The minimum absolute atomic E-state index is 0.162. The Morgan fingerprint density at radius 3 is 2.77 bits per heavy atom. The van der Waals surface area contributed by atoms with Crippen molar-refractivity contribution in [3.05, 3.63) is 29.3 Å². The SMILES string of the molecule is CCOc1ccccc1N[C@H](C)C(=O)Nc1nnc(CC)s1. The van der Waals surface area contributed by atoms with E-state index in [1.165, 1.54) is 11.3 Å². The molecule has 0 aliphatic heterocycles. The van der Waals surface area contributed by atoms with Crippen LogP contribution in [0, 0.1) is 0 Å². The van der Waals surface area contributed by atoms with Crippen molar-refractivity contribution in [3.63, 3.8) is 0 Å². The zero-order chi connectivity index (χ0) is 15.9. The molecule has 0 unspecified atom stereocenters. The van der Waals surface area contributed by atoms with E-state index in [4.69, 9.17) is 4.74 Å². The molecule has 118 valence electrons. The van der Waals surface area contributed by atoms with Gasteiger partial charge in [-0.15, -0.1) is 10.2 Å². The quantitative estimate of drug-likeness (QED) is 0.820. The number of para-hydroxylation sites is 2. The van der Waals surface area contributed by atoms with Gasteiger partial charge in [-0.3, -0.25) is 10.1 Å². The van der Waals surface area contributed by atoms with Crippen LogP contribution in [0.4, 0.5) is 10.8 Å². The molecular formula is C15H20N4O2S. The number of hydrogen-bond acceptors (Lipinski definition) is 6. The Morgan fingerprint density at radius 2 is 2.09 bits per heavy atom. The molecule has 6 nitrogen and oxygen atoms in total. The molecule has 2 aromatic rings. The van der Waals surface area contributed by atoms with Gasteiger partial charge in [0.25, 0.3) is 0 Å². The van der Waals surface area contributed by atoms with Gasteiger partial charge in [0.1, 0.15) is 16.8 Å². The van der Waals surface area contributed by atoms with Gasteiger partial charge in [0, 0.05) is 0 Å². The van der Waals surface area contributed by atoms with Crippen LogP contribution in [0.5, 0.6) is 5.75 Å². The molecule has 1 aromatic carbocycles. The van der Waals surface area contributed by atoms with E-state index in [-0.39, 0.29) is 5.91 Å². The second-order valence-electron chi connectivity index (χ2n) is 4.64. The maximum absolute atomic E-state index is 12.2. The highest BCUT2D eigenvalue weighted by atomic mass is 32.1. The molecule has 0 spiro atoms. The van der Waals surface area contributed by atoms with Crippen LogP contribution in [0.2, 0.25) is 0 Å². The first kappa shape index (κ1) is 16.2. The molecule has 0 aliphatic carbocycles. The number of benzene rings is 1. The third-order valence-corrected chi connectivity index (χ3v) is 3.93. The first-order chi connectivity index (χ1) is 10.6. The van der Waals surface area contributed by atoms with Crippen molar-refractivity contribution in [2.75, 3.05) is 17.2 Å². The van der Waals surface area contributed by atoms with Gasteiger partial charge in [0.2, 0.25) is 11.0 Å². The fraction of sp³-hybridized carbons (Fsp3) is 0.400. The van der Waals surface area contributed by atoms with E-state index in [1.54, 1.807) is 6.92 Å². The Morgan fingerprint density at radius 1 is 1.32 bits per heavy atom. The predicted octanol–water partition coefficient (Wildman–Crippen LogP) is 2.94. The third-order valence-electron chi connectivity index (χ3n) is 2.95. The Balaban J connectivity index is 1.99. The zero-order valence-corrected chi connectivity index (χ0v) is 13.7. The van der Waals surface area contributed by atoms with E-state index >= 15 is 0 Å². The summed E-state index contributed by atoms with van der Waals surface area (Å²) in [4.78, 5) is 12.2. The summed E-state index contributed by atoms with van der Waals surface area (Å²) >= 11 is 1.39. The third kappa shape index (κ3) is 4.17. The molecule has 0 bridgehead atoms. The van der Waals surface area contributed by atoms with Crippen molar-refractivity contribution < 1.29 is 9.53 Å². The van der Waals surface area contributed by atoms with Gasteiger partial charge in [0.15, 0.2) is 0 Å². The summed E-state index contributed by atoms with van der Waals surface area (Å²) in [6.07, 6.45) is 0.809. The van der Waals surface area contributed by atoms with E-state index in [0.29, 0.717) is 11.7 Å². The first-order valence-electron chi connectivity index (χ1n) is 7.25. The van der Waals surface area contributed by atoms with Crippen LogP contribution in [0.3, 0.4) is 0 Å². The highest BCUT2D eigenvalue weighted by Gasteiger charge is 2.16. The zero-order valence-electron chi connectivity index (χ0n) is 12.9. The molecule has 2 N–H and O–H groups in total. The molecule has 1 atom stereocenters. The Hall–Kier alpha value is -2.15. The molecule has 22 heavy (non-hydrogen) atoms. The minimum Gasteiger partial charge on any atom is -0.492 e. The number of anilines is 2. The van der Waals surface area contributed by atoms with Crippen molar-refractivity contribution in [2.24, 2.45) is 0 Å². The number of nitrogens with zero attached hydrogens (tertiary/aromatic N) is 2. The van der Waals surface area contributed by atoms with Gasteiger partial charge in [-0.2, -0.15) is 0 Å². The second kappa shape index (κ2) is 7.74. The maximum Gasteiger partial charge on any atom is 0.248 e. The van der Waals surface area contributed by atoms with Crippen LogP contribution < -0.4 is 15.4 Å². The van der Waals surface area contributed by atoms with Crippen LogP contribution in [0.25, 0.3) is 0 Å². The summed E-state index contributed by atoms with van der Waals surface area (Å²) in [6.45, 7) is 6.29. The van der Waals surface area contributed by atoms with E-state index < -0.39 is 6.04 Å². The summed E-state index contributed by atoms with van der Waals surface area (Å²) in [5, 5.41) is 15.3. The Kier molecular flexibility index (Phi) is 5.71. The predicted molar refractivity (Wildman–Crippen MR) is 88.6 cm³/mol.